The molecule has 0 aliphatic heterocycles. The lowest BCUT2D eigenvalue weighted by Gasteiger charge is -2.10. The third kappa shape index (κ3) is 3.39. The molecule has 6 aromatic carbocycles. The Morgan fingerprint density at radius 2 is 1.03 bits per heavy atom. The topological polar surface area (TPSA) is 17.8 Å². The van der Waals surface area contributed by atoms with Gasteiger partial charge in [-0.1, -0.05) is 91.0 Å². The van der Waals surface area contributed by atoms with E-state index in [1.54, 1.807) is 0 Å². The second-order valence-electron chi connectivity index (χ2n) is 8.93. The fourth-order valence-corrected chi connectivity index (χ4v) is 4.99. The molecule has 0 atom stereocenters. The molecule has 0 saturated heterocycles. The Balaban J connectivity index is 1.32. The van der Waals surface area contributed by atoms with Gasteiger partial charge in [-0.3, -0.25) is 4.57 Å². The number of nitrogens with zero attached hydrogens (tertiary/aromatic N) is 2. The number of hydrogen-bond acceptors (Lipinski definition) is 1. The molecule has 0 bridgehead atoms. The highest BCUT2D eigenvalue weighted by Crippen LogP contribution is 2.32. The molecule has 0 spiro atoms. The summed E-state index contributed by atoms with van der Waals surface area (Å²) in [6.07, 6.45) is 0. The first kappa shape index (κ1) is 19.7. The lowest BCUT2D eigenvalue weighted by atomic mass is 9.98. The largest absolute Gasteiger partial charge is 0.292 e. The van der Waals surface area contributed by atoms with Crippen molar-refractivity contribution in [3.05, 3.63) is 133 Å². The maximum Gasteiger partial charge on any atom is 0.145 e. The quantitative estimate of drug-likeness (QED) is 0.248. The fourth-order valence-electron chi connectivity index (χ4n) is 4.99. The smallest absolute Gasteiger partial charge is 0.145 e. The number of aromatic nitrogens is 2. The van der Waals surface area contributed by atoms with Gasteiger partial charge in [-0.15, -0.1) is 0 Å². The summed E-state index contributed by atoms with van der Waals surface area (Å²) in [5, 5.41) is 5.07. The zero-order valence-electron chi connectivity index (χ0n) is 19.1. The minimum absolute atomic E-state index is 0.953. The molecule has 1 heterocycles. The van der Waals surface area contributed by atoms with E-state index in [2.05, 4.69) is 126 Å². The van der Waals surface area contributed by atoms with Crippen molar-refractivity contribution in [1.29, 1.82) is 0 Å². The van der Waals surface area contributed by atoms with Crippen LogP contribution in [-0.4, -0.2) is 9.55 Å². The minimum atomic E-state index is 0.953. The van der Waals surface area contributed by atoms with Crippen molar-refractivity contribution < 1.29 is 0 Å². The molecule has 7 rings (SSSR count). The van der Waals surface area contributed by atoms with Crippen molar-refractivity contribution in [2.24, 2.45) is 0 Å². The van der Waals surface area contributed by atoms with Gasteiger partial charge in [-0.05, 0) is 75.1 Å². The van der Waals surface area contributed by atoms with Gasteiger partial charge in [-0.2, -0.15) is 0 Å². The number of imidazole rings is 1. The molecule has 0 aliphatic rings. The average molecular weight is 447 g/mol. The zero-order chi connectivity index (χ0) is 23.2. The van der Waals surface area contributed by atoms with E-state index in [1.807, 2.05) is 12.1 Å². The Kier molecular flexibility index (Phi) is 4.49. The first-order valence-corrected chi connectivity index (χ1v) is 11.9. The number of hydrogen-bond donors (Lipinski definition) is 0. The normalized spacial score (nSPS) is 11.4. The molecule has 0 radical (unpaired) electrons. The van der Waals surface area contributed by atoms with Crippen LogP contribution in [-0.2, 0) is 0 Å². The lowest BCUT2D eigenvalue weighted by Crippen LogP contribution is -1.97. The summed E-state index contributed by atoms with van der Waals surface area (Å²) < 4.78 is 2.24. The second kappa shape index (κ2) is 7.96. The van der Waals surface area contributed by atoms with E-state index in [-0.39, 0.29) is 0 Å². The van der Waals surface area contributed by atoms with Crippen molar-refractivity contribution in [2.75, 3.05) is 0 Å². The van der Waals surface area contributed by atoms with Gasteiger partial charge in [-0.25, -0.2) is 4.98 Å². The van der Waals surface area contributed by atoms with Crippen molar-refractivity contribution in [3.8, 4) is 28.2 Å². The number of rotatable bonds is 3. The Labute approximate surface area is 203 Å². The van der Waals surface area contributed by atoms with E-state index in [4.69, 9.17) is 4.98 Å². The van der Waals surface area contributed by atoms with Crippen LogP contribution >= 0.6 is 0 Å². The standard InChI is InChI=1S/C33H22N2/c1-2-10-30(11-3-1)35-32-13-7-6-12-31(32)34-33(35)24-16-14-23(15-17-24)27-18-19-28-20-25-8-4-5-9-26(25)21-29(28)22-27/h1-22H. The van der Waals surface area contributed by atoms with Crippen molar-refractivity contribution in [2.45, 2.75) is 0 Å². The van der Waals surface area contributed by atoms with Gasteiger partial charge < -0.3 is 0 Å². The van der Waals surface area contributed by atoms with E-state index in [0.29, 0.717) is 0 Å². The molecule has 0 fully saturated rings. The van der Waals surface area contributed by atoms with Crippen molar-refractivity contribution in [3.63, 3.8) is 0 Å². The van der Waals surface area contributed by atoms with Crippen LogP contribution in [0.15, 0.2) is 133 Å². The van der Waals surface area contributed by atoms with Crippen LogP contribution in [0.2, 0.25) is 0 Å². The lowest BCUT2D eigenvalue weighted by molar-refractivity contribution is 1.10. The van der Waals surface area contributed by atoms with Gasteiger partial charge in [0.2, 0.25) is 0 Å². The summed E-state index contributed by atoms with van der Waals surface area (Å²) >= 11 is 0. The first-order valence-electron chi connectivity index (χ1n) is 11.9. The Morgan fingerprint density at radius 1 is 0.429 bits per heavy atom. The summed E-state index contributed by atoms with van der Waals surface area (Å²) in [5.74, 6) is 0.953. The predicted octanol–water partition coefficient (Wildman–Crippen LogP) is 8.67. The van der Waals surface area contributed by atoms with Crippen LogP contribution in [0.4, 0.5) is 0 Å². The summed E-state index contributed by atoms with van der Waals surface area (Å²) in [6, 6.07) is 47.3. The molecular formula is C33H22N2. The molecule has 164 valence electrons. The second-order valence-corrected chi connectivity index (χ2v) is 8.93. The van der Waals surface area contributed by atoms with Gasteiger partial charge in [0, 0.05) is 11.3 Å². The van der Waals surface area contributed by atoms with Gasteiger partial charge >= 0.3 is 0 Å². The number of para-hydroxylation sites is 3. The van der Waals surface area contributed by atoms with Crippen molar-refractivity contribution in [1.82, 2.24) is 9.55 Å². The van der Waals surface area contributed by atoms with Crippen LogP contribution in [0.5, 0.6) is 0 Å². The van der Waals surface area contributed by atoms with Crippen LogP contribution < -0.4 is 0 Å². The maximum absolute atomic E-state index is 4.99. The molecule has 0 unspecified atom stereocenters. The molecule has 35 heavy (non-hydrogen) atoms. The van der Waals surface area contributed by atoms with Crippen LogP contribution in [0.3, 0.4) is 0 Å². The van der Waals surface area contributed by atoms with E-state index in [0.717, 1.165) is 28.1 Å². The highest BCUT2D eigenvalue weighted by atomic mass is 15.1. The minimum Gasteiger partial charge on any atom is -0.292 e. The Bertz CT molecular complexity index is 1830. The van der Waals surface area contributed by atoms with Gasteiger partial charge in [0.25, 0.3) is 0 Å². The fraction of sp³-hybridized carbons (Fsp3) is 0. The molecule has 7 aromatic rings. The zero-order valence-corrected chi connectivity index (χ0v) is 19.1. The molecule has 2 nitrogen and oxygen atoms in total. The highest BCUT2D eigenvalue weighted by molar-refractivity contribution is 5.99. The SMILES string of the molecule is c1ccc(-n2c(-c3ccc(-c4ccc5cc6ccccc6cc5c4)cc3)nc3ccccc32)cc1. The molecule has 0 amide bonds. The van der Waals surface area contributed by atoms with Crippen LogP contribution in [0.25, 0.3) is 60.8 Å². The molecular weight excluding hydrogens is 424 g/mol. The van der Waals surface area contributed by atoms with Crippen molar-refractivity contribution >= 4 is 32.6 Å². The van der Waals surface area contributed by atoms with Crippen LogP contribution in [0, 0.1) is 0 Å². The Morgan fingerprint density at radius 3 is 1.83 bits per heavy atom. The first-order chi connectivity index (χ1) is 17.3. The summed E-state index contributed by atoms with van der Waals surface area (Å²) in [5.41, 5.74) is 6.74. The van der Waals surface area contributed by atoms with E-state index in [1.165, 1.54) is 32.7 Å². The average Bonchev–Trinajstić information content (AvgIpc) is 3.32. The summed E-state index contributed by atoms with van der Waals surface area (Å²) in [6.45, 7) is 0. The Hall–Kier alpha value is -4.69. The summed E-state index contributed by atoms with van der Waals surface area (Å²) in [7, 11) is 0. The summed E-state index contributed by atoms with van der Waals surface area (Å²) in [4.78, 5) is 4.99. The highest BCUT2D eigenvalue weighted by Gasteiger charge is 2.14. The monoisotopic (exact) mass is 446 g/mol. The van der Waals surface area contributed by atoms with Gasteiger partial charge in [0.1, 0.15) is 5.82 Å². The van der Waals surface area contributed by atoms with E-state index in [9.17, 15) is 0 Å². The third-order valence-corrected chi connectivity index (χ3v) is 6.76. The molecule has 0 N–H and O–H groups in total. The molecule has 1 aromatic heterocycles. The van der Waals surface area contributed by atoms with E-state index < -0.39 is 0 Å². The molecule has 0 aliphatic carbocycles. The van der Waals surface area contributed by atoms with Crippen LogP contribution in [0.1, 0.15) is 0 Å². The number of fused-ring (bicyclic) bond motifs is 3. The van der Waals surface area contributed by atoms with Gasteiger partial charge in [0.15, 0.2) is 0 Å². The third-order valence-electron chi connectivity index (χ3n) is 6.76. The molecule has 0 saturated carbocycles. The van der Waals surface area contributed by atoms with Gasteiger partial charge in [0.05, 0.1) is 11.0 Å². The number of benzene rings is 6. The van der Waals surface area contributed by atoms with E-state index >= 15 is 0 Å². The maximum atomic E-state index is 4.99. The molecule has 2 heteroatoms. The predicted molar refractivity (Wildman–Crippen MR) is 147 cm³/mol.